The van der Waals surface area contributed by atoms with E-state index in [9.17, 15) is 13.6 Å². The van der Waals surface area contributed by atoms with E-state index in [1.54, 1.807) is 0 Å². The fourth-order valence-corrected chi connectivity index (χ4v) is 1.91. The molecule has 20 heavy (non-hydrogen) atoms. The van der Waals surface area contributed by atoms with Gasteiger partial charge in [0.05, 0.1) is 6.42 Å². The third-order valence-corrected chi connectivity index (χ3v) is 2.70. The molecule has 0 saturated carbocycles. The number of amides is 1. The molecule has 0 atom stereocenters. The van der Waals surface area contributed by atoms with Gasteiger partial charge in [-0.25, -0.2) is 18.7 Å². The molecule has 0 spiro atoms. The first-order chi connectivity index (χ1) is 9.45. The highest BCUT2D eigenvalue weighted by Gasteiger charge is 2.14. The zero-order valence-electron chi connectivity index (χ0n) is 9.83. The van der Waals surface area contributed by atoms with Crippen LogP contribution in [-0.2, 0) is 11.2 Å². The van der Waals surface area contributed by atoms with Crippen molar-refractivity contribution in [3.8, 4) is 0 Å². The second-order valence-corrected chi connectivity index (χ2v) is 4.50. The molecular formula is C12H7Cl2F2N3O. The van der Waals surface area contributed by atoms with Crippen LogP contribution in [0.3, 0.4) is 0 Å². The number of benzene rings is 1. The molecule has 1 aromatic heterocycles. The molecule has 0 aliphatic heterocycles. The van der Waals surface area contributed by atoms with Crippen molar-refractivity contribution in [2.75, 3.05) is 5.32 Å². The molecule has 0 radical (unpaired) electrons. The predicted octanol–water partition coefficient (Wildman–Crippen LogP) is 3.24. The van der Waals surface area contributed by atoms with Crippen LogP contribution in [-0.4, -0.2) is 15.9 Å². The maximum Gasteiger partial charge on any atom is 0.230 e. The number of nitrogens with one attached hydrogen (secondary N) is 1. The lowest BCUT2D eigenvalue weighted by molar-refractivity contribution is -0.115. The Morgan fingerprint density at radius 3 is 2.45 bits per heavy atom. The minimum absolute atomic E-state index is 0.0392. The standard InChI is InChI=1S/C12H7Cl2F2N3O/c13-9-5-10(19-12(14)17-9)18-11(20)4-6-7(15)2-1-3-8(6)16/h1-3,5H,4H2,(H,17,18,19,20). The molecule has 0 unspecified atom stereocenters. The van der Waals surface area contributed by atoms with Gasteiger partial charge in [0.1, 0.15) is 22.6 Å². The topological polar surface area (TPSA) is 54.9 Å². The Bertz CT molecular complexity index is 627. The molecule has 1 aromatic carbocycles. The molecule has 4 nitrogen and oxygen atoms in total. The summed E-state index contributed by atoms with van der Waals surface area (Å²) < 4.78 is 26.8. The van der Waals surface area contributed by atoms with Crippen LogP contribution in [0.2, 0.25) is 10.4 Å². The van der Waals surface area contributed by atoms with Crippen molar-refractivity contribution in [1.29, 1.82) is 0 Å². The Morgan fingerprint density at radius 1 is 1.20 bits per heavy atom. The van der Waals surface area contributed by atoms with Crippen molar-refractivity contribution >= 4 is 34.9 Å². The van der Waals surface area contributed by atoms with Gasteiger partial charge in [-0.1, -0.05) is 17.7 Å². The molecule has 0 bridgehead atoms. The summed E-state index contributed by atoms with van der Waals surface area (Å²) in [5.74, 6) is -2.19. The van der Waals surface area contributed by atoms with Crippen LogP contribution in [0.25, 0.3) is 0 Å². The lowest BCUT2D eigenvalue weighted by Gasteiger charge is -2.06. The molecule has 104 valence electrons. The van der Waals surface area contributed by atoms with E-state index in [0.29, 0.717) is 0 Å². The molecule has 2 rings (SSSR count). The van der Waals surface area contributed by atoms with Crippen LogP contribution in [0, 0.1) is 11.6 Å². The van der Waals surface area contributed by atoms with E-state index < -0.39 is 24.0 Å². The normalized spacial score (nSPS) is 10.4. The first-order valence-electron chi connectivity index (χ1n) is 5.38. The van der Waals surface area contributed by atoms with Gasteiger partial charge in [-0.15, -0.1) is 0 Å². The summed E-state index contributed by atoms with van der Waals surface area (Å²) in [6.07, 6.45) is -0.474. The molecule has 0 saturated heterocycles. The van der Waals surface area contributed by atoms with Crippen molar-refractivity contribution in [3.05, 3.63) is 51.9 Å². The highest BCUT2D eigenvalue weighted by molar-refractivity contribution is 6.32. The minimum atomic E-state index is -0.793. The van der Waals surface area contributed by atoms with E-state index in [-0.39, 0.29) is 21.8 Å². The van der Waals surface area contributed by atoms with Crippen LogP contribution >= 0.6 is 23.2 Å². The lowest BCUT2D eigenvalue weighted by atomic mass is 10.1. The van der Waals surface area contributed by atoms with E-state index >= 15 is 0 Å². The summed E-state index contributed by atoms with van der Waals surface area (Å²) >= 11 is 11.2. The van der Waals surface area contributed by atoms with Gasteiger partial charge in [0.2, 0.25) is 11.2 Å². The van der Waals surface area contributed by atoms with E-state index in [4.69, 9.17) is 23.2 Å². The average Bonchev–Trinajstić information content (AvgIpc) is 2.32. The molecule has 1 amide bonds. The monoisotopic (exact) mass is 317 g/mol. The van der Waals surface area contributed by atoms with E-state index in [0.717, 1.165) is 12.1 Å². The van der Waals surface area contributed by atoms with Gasteiger partial charge in [0, 0.05) is 11.6 Å². The number of rotatable bonds is 3. The van der Waals surface area contributed by atoms with Crippen molar-refractivity contribution < 1.29 is 13.6 Å². The number of carbonyl (C=O) groups is 1. The van der Waals surface area contributed by atoms with E-state index in [2.05, 4.69) is 15.3 Å². The van der Waals surface area contributed by atoms with Crippen LogP contribution < -0.4 is 5.32 Å². The highest BCUT2D eigenvalue weighted by atomic mass is 35.5. The fraction of sp³-hybridized carbons (Fsp3) is 0.0833. The quantitative estimate of drug-likeness (QED) is 0.698. The summed E-state index contributed by atoms with van der Waals surface area (Å²) in [4.78, 5) is 19.0. The number of carbonyl (C=O) groups excluding carboxylic acids is 1. The number of halogens is 4. The van der Waals surface area contributed by atoms with Gasteiger partial charge < -0.3 is 5.32 Å². The molecule has 0 fully saturated rings. The summed E-state index contributed by atoms with van der Waals surface area (Å²) in [7, 11) is 0. The van der Waals surface area contributed by atoms with E-state index in [1.165, 1.54) is 12.1 Å². The maximum absolute atomic E-state index is 13.4. The largest absolute Gasteiger partial charge is 0.310 e. The summed E-state index contributed by atoms with van der Waals surface area (Å²) in [5.41, 5.74) is -0.323. The molecule has 0 aliphatic carbocycles. The molecular weight excluding hydrogens is 311 g/mol. The number of aromatic nitrogens is 2. The third-order valence-electron chi connectivity index (χ3n) is 2.33. The summed E-state index contributed by atoms with van der Waals surface area (Å²) in [6.45, 7) is 0. The van der Waals surface area contributed by atoms with Gasteiger partial charge in [0.25, 0.3) is 0 Å². The molecule has 1 N–H and O–H groups in total. The number of anilines is 1. The number of hydrogen-bond donors (Lipinski definition) is 1. The third kappa shape index (κ3) is 3.61. The molecule has 0 aliphatic rings. The Balaban J connectivity index is 2.13. The Hall–Kier alpha value is -1.79. The van der Waals surface area contributed by atoms with Crippen LogP contribution in [0.1, 0.15) is 5.56 Å². The number of hydrogen-bond acceptors (Lipinski definition) is 3. The van der Waals surface area contributed by atoms with Crippen LogP contribution in [0.4, 0.5) is 14.6 Å². The molecule has 2 aromatic rings. The minimum Gasteiger partial charge on any atom is -0.310 e. The first-order valence-corrected chi connectivity index (χ1v) is 6.14. The second-order valence-electron chi connectivity index (χ2n) is 3.77. The molecule has 8 heteroatoms. The van der Waals surface area contributed by atoms with Crippen LogP contribution in [0.5, 0.6) is 0 Å². The maximum atomic E-state index is 13.4. The van der Waals surface area contributed by atoms with Gasteiger partial charge in [-0.3, -0.25) is 4.79 Å². The fourth-order valence-electron chi connectivity index (χ4n) is 1.50. The van der Waals surface area contributed by atoms with E-state index in [1.807, 2.05) is 0 Å². The first kappa shape index (κ1) is 14.6. The van der Waals surface area contributed by atoms with Gasteiger partial charge >= 0.3 is 0 Å². The lowest BCUT2D eigenvalue weighted by Crippen LogP contribution is -2.17. The van der Waals surface area contributed by atoms with Gasteiger partial charge in [-0.05, 0) is 23.7 Å². The zero-order chi connectivity index (χ0) is 14.7. The second kappa shape index (κ2) is 6.11. The SMILES string of the molecule is O=C(Cc1c(F)cccc1F)Nc1cc(Cl)nc(Cl)n1. The Morgan fingerprint density at radius 2 is 1.85 bits per heavy atom. The van der Waals surface area contributed by atoms with Crippen LogP contribution in [0.15, 0.2) is 24.3 Å². The average molecular weight is 318 g/mol. The number of nitrogens with zero attached hydrogens (tertiary/aromatic N) is 2. The van der Waals surface area contributed by atoms with Gasteiger partial charge in [0.15, 0.2) is 0 Å². The highest BCUT2D eigenvalue weighted by Crippen LogP contribution is 2.16. The van der Waals surface area contributed by atoms with Crippen molar-refractivity contribution in [1.82, 2.24) is 9.97 Å². The van der Waals surface area contributed by atoms with Gasteiger partial charge in [-0.2, -0.15) is 0 Å². The summed E-state index contributed by atoms with van der Waals surface area (Å²) in [6, 6.07) is 4.63. The van der Waals surface area contributed by atoms with Crippen molar-refractivity contribution in [2.45, 2.75) is 6.42 Å². The summed E-state index contributed by atoms with van der Waals surface area (Å²) in [5, 5.41) is 2.23. The van der Waals surface area contributed by atoms with Crippen molar-refractivity contribution in [3.63, 3.8) is 0 Å². The Kier molecular flexibility index (Phi) is 4.46. The zero-order valence-corrected chi connectivity index (χ0v) is 11.3. The Labute approximate surface area is 122 Å². The molecule has 1 heterocycles. The smallest absolute Gasteiger partial charge is 0.230 e. The van der Waals surface area contributed by atoms with Crippen molar-refractivity contribution in [2.24, 2.45) is 0 Å². The predicted molar refractivity (Wildman–Crippen MR) is 70.7 cm³/mol.